The molecule has 1 amide bonds. The summed E-state index contributed by atoms with van der Waals surface area (Å²) in [7, 11) is 1.32. The lowest BCUT2D eigenvalue weighted by Crippen LogP contribution is -2.43. The first kappa shape index (κ1) is 24.0. The fraction of sp³-hybridized carbons (Fsp3) is 0.636. The molecule has 0 aliphatic rings. The van der Waals surface area contributed by atoms with E-state index in [1.807, 2.05) is 20.8 Å². The number of benzene rings is 1. The van der Waals surface area contributed by atoms with Gasteiger partial charge in [0.15, 0.2) is 0 Å². The predicted molar refractivity (Wildman–Crippen MR) is 111 cm³/mol. The summed E-state index contributed by atoms with van der Waals surface area (Å²) in [6, 6.07) is 4.99. The molecule has 0 aromatic heterocycles. The Labute approximate surface area is 168 Å². The Morgan fingerprint density at radius 2 is 1.75 bits per heavy atom. The second kappa shape index (κ2) is 12.4. The lowest BCUT2D eigenvalue weighted by molar-refractivity contribution is -0.140. The molecule has 1 atom stereocenters. The average molecular weight is 394 g/mol. The van der Waals surface area contributed by atoms with Gasteiger partial charge in [-0.15, -0.1) is 0 Å². The Bertz CT molecular complexity index is 631. The molecule has 0 saturated carbocycles. The third-order valence-corrected chi connectivity index (χ3v) is 4.47. The number of carbonyl (C=O) groups is 2. The maximum Gasteiger partial charge on any atom is 0.341 e. The first-order valence-corrected chi connectivity index (χ1v) is 10.2. The van der Waals surface area contributed by atoms with Gasteiger partial charge < -0.3 is 19.5 Å². The smallest absolute Gasteiger partial charge is 0.341 e. The predicted octanol–water partition coefficient (Wildman–Crippen LogP) is 4.97. The van der Waals surface area contributed by atoms with Crippen LogP contribution in [0.5, 0.6) is 5.75 Å². The standard InChI is InChI=1S/C22H35NO5/c1-6-9-10-13-22(4,28-15-8-3)21(25)23-17-11-12-19(27-14-7-2)18(16-17)20(24)26-5/h11-12,16H,6-10,13-15H2,1-5H3,(H,23,25). The molecule has 0 aliphatic heterocycles. The monoisotopic (exact) mass is 393 g/mol. The van der Waals surface area contributed by atoms with Crippen molar-refractivity contribution in [2.45, 2.75) is 71.8 Å². The number of carbonyl (C=O) groups excluding carboxylic acids is 2. The number of rotatable bonds is 13. The van der Waals surface area contributed by atoms with E-state index in [-0.39, 0.29) is 11.5 Å². The molecular formula is C22H35NO5. The summed E-state index contributed by atoms with van der Waals surface area (Å²) < 4.78 is 16.4. The van der Waals surface area contributed by atoms with Gasteiger partial charge in [-0.2, -0.15) is 0 Å². The molecular weight excluding hydrogens is 358 g/mol. The van der Waals surface area contributed by atoms with Crippen LogP contribution in [0.1, 0.15) is 76.6 Å². The van der Waals surface area contributed by atoms with E-state index in [4.69, 9.17) is 14.2 Å². The second-order valence-electron chi connectivity index (χ2n) is 7.04. The van der Waals surface area contributed by atoms with Gasteiger partial charge in [0.1, 0.15) is 16.9 Å². The van der Waals surface area contributed by atoms with Crippen molar-refractivity contribution in [1.82, 2.24) is 0 Å². The first-order valence-electron chi connectivity index (χ1n) is 10.2. The molecule has 6 heteroatoms. The Kier molecular flexibility index (Phi) is 10.6. The van der Waals surface area contributed by atoms with E-state index in [1.165, 1.54) is 7.11 Å². The van der Waals surface area contributed by atoms with Gasteiger partial charge in [0.2, 0.25) is 0 Å². The number of methoxy groups -OCH3 is 1. The molecule has 28 heavy (non-hydrogen) atoms. The van der Waals surface area contributed by atoms with Crippen molar-refractivity contribution in [3.63, 3.8) is 0 Å². The summed E-state index contributed by atoms with van der Waals surface area (Å²) in [6.45, 7) is 8.97. The molecule has 0 bridgehead atoms. The number of nitrogens with one attached hydrogen (secondary N) is 1. The van der Waals surface area contributed by atoms with E-state index < -0.39 is 11.6 Å². The Balaban J connectivity index is 3.01. The third kappa shape index (κ3) is 7.15. The van der Waals surface area contributed by atoms with Crippen LogP contribution < -0.4 is 10.1 Å². The molecule has 0 aliphatic carbocycles. The zero-order chi connectivity index (χ0) is 21.0. The fourth-order valence-corrected chi connectivity index (χ4v) is 2.77. The number of anilines is 1. The van der Waals surface area contributed by atoms with E-state index in [0.29, 0.717) is 31.1 Å². The second-order valence-corrected chi connectivity index (χ2v) is 7.04. The first-order chi connectivity index (χ1) is 13.4. The number of ether oxygens (including phenoxy) is 3. The molecule has 1 N–H and O–H groups in total. The summed E-state index contributed by atoms with van der Waals surface area (Å²) in [5.41, 5.74) is -0.111. The van der Waals surface area contributed by atoms with Crippen molar-refractivity contribution in [2.24, 2.45) is 0 Å². The molecule has 0 fully saturated rings. The van der Waals surface area contributed by atoms with E-state index in [1.54, 1.807) is 18.2 Å². The number of hydrogen-bond acceptors (Lipinski definition) is 5. The van der Waals surface area contributed by atoms with Gasteiger partial charge in [0, 0.05) is 12.3 Å². The normalized spacial score (nSPS) is 12.9. The highest BCUT2D eigenvalue weighted by atomic mass is 16.5. The van der Waals surface area contributed by atoms with E-state index in [2.05, 4.69) is 12.2 Å². The molecule has 1 rings (SSSR count). The molecule has 1 aromatic carbocycles. The SMILES string of the molecule is CCCCCC(C)(OCCC)C(=O)Nc1ccc(OCCC)c(C(=O)OC)c1. The van der Waals surface area contributed by atoms with Crippen LogP contribution >= 0.6 is 0 Å². The molecule has 1 unspecified atom stereocenters. The third-order valence-electron chi connectivity index (χ3n) is 4.47. The highest BCUT2D eigenvalue weighted by Gasteiger charge is 2.33. The molecule has 0 saturated heterocycles. The molecule has 0 heterocycles. The summed E-state index contributed by atoms with van der Waals surface area (Å²) >= 11 is 0. The van der Waals surface area contributed by atoms with Gasteiger partial charge >= 0.3 is 5.97 Å². The van der Waals surface area contributed by atoms with Gasteiger partial charge in [-0.1, -0.05) is 40.0 Å². The van der Waals surface area contributed by atoms with E-state index in [9.17, 15) is 9.59 Å². The minimum absolute atomic E-state index is 0.213. The zero-order valence-electron chi connectivity index (χ0n) is 17.9. The minimum Gasteiger partial charge on any atom is -0.493 e. The quantitative estimate of drug-likeness (QED) is 0.378. The van der Waals surface area contributed by atoms with E-state index in [0.717, 1.165) is 32.1 Å². The van der Waals surface area contributed by atoms with Crippen LogP contribution in [0.2, 0.25) is 0 Å². The fourth-order valence-electron chi connectivity index (χ4n) is 2.77. The van der Waals surface area contributed by atoms with Crippen molar-refractivity contribution in [3.8, 4) is 5.75 Å². The molecule has 0 radical (unpaired) electrons. The van der Waals surface area contributed by atoms with Crippen molar-refractivity contribution in [1.29, 1.82) is 0 Å². The van der Waals surface area contributed by atoms with Crippen LogP contribution in [0, 0.1) is 0 Å². The van der Waals surface area contributed by atoms with Crippen LogP contribution in [-0.4, -0.2) is 37.8 Å². The Hall–Kier alpha value is -2.08. The molecule has 0 spiro atoms. The maximum atomic E-state index is 13.0. The Morgan fingerprint density at radius 1 is 1.04 bits per heavy atom. The van der Waals surface area contributed by atoms with Crippen molar-refractivity contribution < 1.29 is 23.8 Å². The minimum atomic E-state index is -0.909. The van der Waals surface area contributed by atoms with Gasteiger partial charge in [0.05, 0.1) is 13.7 Å². The summed E-state index contributed by atoms with van der Waals surface area (Å²) in [6.07, 6.45) is 5.35. The van der Waals surface area contributed by atoms with Gasteiger partial charge in [0.25, 0.3) is 5.91 Å². The molecule has 6 nitrogen and oxygen atoms in total. The van der Waals surface area contributed by atoms with Crippen LogP contribution in [0.15, 0.2) is 18.2 Å². The Morgan fingerprint density at radius 3 is 2.36 bits per heavy atom. The molecule has 158 valence electrons. The largest absolute Gasteiger partial charge is 0.493 e. The van der Waals surface area contributed by atoms with Crippen LogP contribution in [0.4, 0.5) is 5.69 Å². The van der Waals surface area contributed by atoms with Crippen LogP contribution in [0.3, 0.4) is 0 Å². The van der Waals surface area contributed by atoms with Crippen LogP contribution in [0.25, 0.3) is 0 Å². The number of esters is 1. The van der Waals surface area contributed by atoms with Crippen LogP contribution in [-0.2, 0) is 14.3 Å². The topological polar surface area (TPSA) is 73.9 Å². The van der Waals surface area contributed by atoms with Crippen molar-refractivity contribution in [2.75, 3.05) is 25.6 Å². The maximum absolute atomic E-state index is 13.0. The average Bonchev–Trinajstić information content (AvgIpc) is 2.70. The van der Waals surface area contributed by atoms with Gasteiger partial charge in [-0.3, -0.25) is 4.79 Å². The van der Waals surface area contributed by atoms with Gasteiger partial charge in [-0.05, 0) is 44.4 Å². The van der Waals surface area contributed by atoms with Crippen molar-refractivity contribution >= 4 is 17.6 Å². The highest BCUT2D eigenvalue weighted by molar-refractivity contribution is 5.99. The van der Waals surface area contributed by atoms with Crippen molar-refractivity contribution in [3.05, 3.63) is 23.8 Å². The summed E-state index contributed by atoms with van der Waals surface area (Å²) in [4.78, 5) is 25.1. The number of hydrogen-bond donors (Lipinski definition) is 1. The summed E-state index contributed by atoms with van der Waals surface area (Å²) in [5.74, 6) is -0.273. The highest BCUT2D eigenvalue weighted by Crippen LogP contribution is 2.27. The summed E-state index contributed by atoms with van der Waals surface area (Å²) in [5, 5.41) is 2.89. The van der Waals surface area contributed by atoms with E-state index >= 15 is 0 Å². The number of amides is 1. The lowest BCUT2D eigenvalue weighted by atomic mass is 9.96. The lowest BCUT2D eigenvalue weighted by Gasteiger charge is -2.29. The number of unbranched alkanes of at least 4 members (excludes halogenated alkanes) is 2. The zero-order valence-corrected chi connectivity index (χ0v) is 17.9. The molecule has 1 aromatic rings. The van der Waals surface area contributed by atoms with Gasteiger partial charge in [-0.25, -0.2) is 4.79 Å².